The average Bonchev–Trinajstić information content (AvgIpc) is 2.57. The minimum Gasteiger partial charge on any atom is -0.267 e. The van der Waals surface area contributed by atoms with Gasteiger partial charge in [0, 0.05) is 0 Å². The molecule has 0 heterocycles. The summed E-state index contributed by atoms with van der Waals surface area (Å²) in [5.41, 5.74) is 1.20. The molecule has 0 fully saturated rings. The zero-order valence-electron chi connectivity index (χ0n) is 15.4. The lowest BCUT2D eigenvalue weighted by atomic mass is 10.0. The molecule has 0 aromatic heterocycles. The van der Waals surface area contributed by atoms with Crippen molar-refractivity contribution in [2.75, 3.05) is 6.61 Å². The van der Waals surface area contributed by atoms with Gasteiger partial charge in [0.1, 0.15) is 0 Å². The largest absolute Gasteiger partial charge is 0.296 e. The summed E-state index contributed by atoms with van der Waals surface area (Å²) in [5, 5.41) is 0. The SMILES string of the molecule is CCCCCCCCCCCCc1ccc(S(=O)(=O)OCC)cc1. The van der Waals surface area contributed by atoms with Crippen LogP contribution in [0.15, 0.2) is 29.2 Å². The Morgan fingerprint density at radius 1 is 0.750 bits per heavy atom. The fourth-order valence-corrected chi connectivity index (χ4v) is 3.78. The van der Waals surface area contributed by atoms with Gasteiger partial charge in [-0.15, -0.1) is 0 Å². The lowest BCUT2D eigenvalue weighted by Crippen LogP contribution is -2.05. The number of unbranched alkanes of at least 4 members (excludes halogenated alkanes) is 9. The first kappa shape index (κ1) is 21.2. The van der Waals surface area contributed by atoms with E-state index in [0.29, 0.717) is 0 Å². The molecular formula is C20H34O3S. The molecule has 0 aliphatic rings. The standard InChI is InChI=1S/C20H34O3S/c1-3-5-6-7-8-9-10-11-12-13-14-19-15-17-20(18-16-19)24(21,22)23-4-2/h15-18H,3-14H2,1-2H3. The summed E-state index contributed by atoms with van der Waals surface area (Å²) >= 11 is 0. The van der Waals surface area contributed by atoms with Crippen LogP contribution < -0.4 is 0 Å². The highest BCUT2D eigenvalue weighted by molar-refractivity contribution is 7.86. The van der Waals surface area contributed by atoms with Crippen LogP contribution in [0.25, 0.3) is 0 Å². The smallest absolute Gasteiger partial charge is 0.267 e. The second kappa shape index (κ2) is 12.5. The summed E-state index contributed by atoms with van der Waals surface area (Å²) in [6.45, 7) is 4.10. The molecule has 3 nitrogen and oxygen atoms in total. The number of rotatable bonds is 14. The molecule has 4 heteroatoms. The van der Waals surface area contributed by atoms with Crippen molar-refractivity contribution < 1.29 is 12.6 Å². The van der Waals surface area contributed by atoms with E-state index in [0.717, 1.165) is 6.42 Å². The van der Waals surface area contributed by atoms with Gasteiger partial charge in [0.2, 0.25) is 0 Å². The van der Waals surface area contributed by atoms with Crippen molar-refractivity contribution in [1.82, 2.24) is 0 Å². The van der Waals surface area contributed by atoms with Crippen LogP contribution in [0.5, 0.6) is 0 Å². The third kappa shape index (κ3) is 8.84. The first-order valence-corrected chi connectivity index (χ1v) is 11.0. The molecule has 0 N–H and O–H groups in total. The van der Waals surface area contributed by atoms with Crippen LogP contribution in [-0.2, 0) is 20.7 Å². The Bertz CT molecular complexity index is 520. The fraction of sp³-hybridized carbons (Fsp3) is 0.700. The maximum Gasteiger partial charge on any atom is 0.296 e. The molecule has 0 saturated heterocycles. The zero-order chi connectivity index (χ0) is 17.7. The lowest BCUT2D eigenvalue weighted by molar-refractivity contribution is 0.338. The number of aryl methyl sites for hydroxylation is 1. The van der Waals surface area contributed by atoms with E-state index in [1.807, 2.05) is 12.1 Å². The molecule has 0 saturated carbocycles. The summed E-state index contributed by atoms with van der Waals surface area (Å²) in [7, 11) is -3.57. The molecule has 0 bridgehead atoms. The molecule has 0 unspecified atom stereocenters. The maximum absolute atomic E-state index is 11.8. The maximum atomic E-state index is 11.8. The van der Waals surface area contributed by atoms with Gasteiger partial charge in [-0.1, -0.05) is 76.8 Å². The first-order chi connectivity index (χ1) is 11.6. The first-order valence-electron chi connectivity index (χ1n) is 9.58. The summed E-state index contributed by atoms with van der Waals surface area (Å²) in [6, 6.07) is 7.10. The molecule has 24 heavy (non-hydrogen) atoms. The molecule has 1 aromatic carbocycles. The molecule has 1 aromatic rings. The van der Waals surface area contributed by atoms with E-state index >= 15 is 0 Å². The summed E-state index contributed by atoms with van der Waals surface area (Å²) in [6.07, 6.45) is 14.3. The third-order valence-corrected chi connectivity index (χ3v) is 5.70. The van der Waals surface area contributed by atoms with Gasteiger partial charge in [-0.2, -0.15) is 8.42 Å². The van der Waals surface area contributed by atoms with Crippen LogP contribution in [-0.4, -0.2) is 15.0 Å². The van der Waals surface area contributed by atoms with Crippen LogP contribution in [0.4, 0.5) is 0 Å². The Kier molecular flexibility index (Phi) is 11.0. The highest BCUT2D eigenvalue weighted by Crippen LogP contribution is 2.16. The van der Waals surface area contributed by atoms with Crippen LogP contribution in [0.1, 0.15) is 83.6 Å². The number of hydrogen-bond acceptors (Lipinski definition) is 3. The minimum atomic E-state index is -3.57. The molecule has 0 radical (unpaired) electrons. The molecule has 0 aliphatic carbocycles. The third-order valence-electron chi connectivity index (χ3n) is 4.30. The van der Waals surface area contributed by atoms with Gasteiger partial charge in [0.25, 0.3) is 10.1 Å². The summed E-state index contributed by atoms with van der Waals surface area (Å²) in [4.78, 5) is 0.246. The highest BCUT2D eigenvalue weighted by Gasteiger charge is 2.13. The Hall–Kier alpha value is -0.870. The van der Waals surface area contributed by atoms with Gasteiger partial charge in [-0.25, -0.2) is 0 Å². The molecule has 0 aliphatic heterocycles. The summed E-state index contributed by atoms with van der Waals surface area (Å²) < 4.78 is 28.3. The quantitative estimate of drug-likeness (QED) is 0.310. The van der Waals surface area contributed by atoms with E-state index in [-0.39, 0.29) is 11.5 Å². The van der Waals surface area contributed by atoms with E-state index in [4.69, 9.17) is 4.18 Å². The van der Waals surface area contributed by atoms with E-state index in [1.54, 1.807) is 19.1 Å². The second-order valence-electron chi connectivity index (χ2n) is 6.44. The van der Waals surface area contributed by atoms with Crippen molar-refractivity contribution >= 4 is 10.1 Å². The highest BCUT2D eigenvalue weighted by atomic mass is 32.2. The van der Waals surface area contributed by atoms with Crippen LogP contribution in [0, 0.1) is 0 Å². The topological polar surface area (TPSA) is 43.4 Å². The Morgan fingerprint density at radius 3 is 1.75 bits per heavy atom. The predicted molar refractivity (Wildman–Crippen MR) is 101 cm³/mol. The van der Waals surface area contributed by atoms with Gasteiger partial charge < -0.3 is 0 Å². The van der Waals surface area contributed by atoms with Gasteiger partial charge in [0.15, 0.2) is 0 Å². The molecular weight excluding hydrogens is 320 g/mol. The van der Waals surface area contributed by atoms with Crippen molar-refractivity contribution in [2.24, 2.45) is 0 Å². The van der Waals surface area contributed by atoms with Crippen molar-refractivity contribution in [1.29, 1.82) is 0 Å². The van der Waals surface area contributed by atoms with Crippen molar-refractivity contribution in [3.63, 3.8) is 0 Å². The zero-order valence-corrected chi connectivity index (χ0v) is 16.2. The Balaban J connectivity index is 2.13. The normalized spacial score (nSPS) is 11.8. The van der Waals surface area contributed by atoms with Crippen molar-refractivity contribution in [3.05, 3.63) is 29.8 Å². The molecule has 0 spiro atoms. The van der Waals surface area contributed by atoms with Crippen LogP contribution in [0.3, 0.4) is 0 Å². The molecule has 0 atom stereocenters. The second-order valence-corrected chi connectivity index (χ2v) is 8.05. The summed E-state index contributed by atoms with van der Waals surface area (Å²) in [5.74, 6) is 0. The number of hydrogen-bond donors (Lipinski definition) is 0. The van der Waals surface area contributed by atoms with E-state index in [1.165, 1.54) is 69.8 Å². The van der Waals surface area contributed by atoms with Gasteiger partial charge in [-0.3, -0.25) is 4.18 Å². The van der Waals surface area contributed by atoms with Crippen molar-refractivity contribution in [3.8, 4) is 0 Å². The van der Waals surface area contributed by atoms with E-state index < -0.39 is 10.1 Å². The van der Waals surface area contributed by atoms with Crippen molar-refractivity contribution in [2.45, 2.75) is 89.4 Å². The molecule has 1 rings (SSSR count). The van der Waals surface area contributed by atoms with Crippen LogP contribution in [0.2, 0.25) is 0 Å². The molecule has 0 amide bonds. The monoisotopic (exact) mass is 354 g/mol. The fourth-order valence-electron chi connectivity index (χ4n) is 2.86. The molecule has 138 valence electrons. The van der Waals surface area contributed by atoms with Crippen LogP contribution >= 0.6 is 0 Å². The predicted octanol–water partition coefficient (Wildman–Crippen LogP) is 5.88. The van der Waals surface area contributed by atoms with E-state index in [2.05, 4.69) is 6.92 Å². The average molecular weight is 355 g/mol. The lowest BCUT2D eigenvalue weighted by Gasteiger charge is -2.06. The van der Waals surface area contributed by atoms with Gasteiger partial charge in [0.05, 0.1) is 11.5 Å². The Labute approximate surface area is 148 Å². The number of benzene rings is 1. The van der Waals surface area contributed by atoms with Gasteiger partial charge >= 0.3 is 0 Å². The Morgan fingerprint density at radius 2 is 1.25 bits per heavy atom. The van der Waals surface area contributed by atoms with Gasteiger partial charge in [-0.05, 0) is 37.5 Å². The minimum absolute atomic E-state index is 0.169. The van der Waals surface area contributed by atoms with E-state index in [9.17, 15) is 8.42 Å².